The average molecular weight is 339 g/mol. The first-order valence-electron chi connectivity index (χ1n) is 9.21. The molecule has 2 aliphatic heterocycles. The highest BCUT2D eigenvalue weighted by Crippen LogP contribution is 2.41. The van der Waals surface area contributed by atoms with Gasteiger partial charge in [-0.2, -0.15) is 11.8 Å². The number of hydrogen-bond acceptors (Lipinski definition) is 3. The SMILES string of the molecule is CSCC(=O)N1CC[C@]2(CCCN(CC3CCCCC3)C2=O)C1. The Kier molecular flexibility index (Phi) is 5.55. The van der Waals surface area contributed by atoms with Crippen molar-refractivity contribution in [2.75, 3.05) is 38.2 Å². The molecule has 3 aliphatic rings. The Morgan fingerprint density at radius 1 is 1.17 bits per heavy atom. The largest absolute Gasteiger partial charge is 0.342 e. The van der Waals surface area contributed by atoms with Crippen LogP contribution < -0.4 is 0 Å². The number of thioether (sulfide) groups is 1. The van der Waals surface area contributed by atoms with Crippen molar-refractivity contribution in [3.63, 3.8) is 0 Å². The van der Waals surface area contributed by atoms with Gasteiger partial charge in [-0.3, -0.25) is 9.59 Å². The monoisotopic (exact) mass is 338 g/mol. The molecule has 2 heterocycles. The zero-order chi connectivity index (χ0) is 16.3. The fraction of sp³-hybridized carbons (Fsp3) is 0.889. The van der Waals surface area contributed by atoms with E-state index in [0.717, 1.165) is 38.9 Å². The first-order chi connectivity index (χ1) is 11.1. The summed E-state index contributed by atoms with van der Waals surface area (Å²) in [4.78, 5) is 29.4. The third-order valence-electron chi connectivity index (χ3n) is 6.00. The lowest BCUT2D eigenvalue weighted by Gasteiger charge is -2.41. The maximum atomic E-state index is 13.1. The number of carbonyl (C=O) groups is 2. The standard InChI is InChI=1S/C18H30N2O2S/c1-23-13-16(21)20-11-9-18(14-20)8-5-10-19(17(18)22)12-15-6-3-2-4-7-15/h15H,2-14H2,1H3/t18-/m1/s1. The molecule has 3 fully saturated rings. The molecule has 0 aromatic rings. The molecule has 23 heavy (non-hydrogen) atoms. The van der Waals surface area contributed by atoms with Crippen molar-refractivity contribution in [2.24, 2.45) is 11.3 Å². The minimum atomic E-state index is -0.263. The lowest BCUT2D eigenvalue weighted by atomic mass is 9.77. The number of carbonyl (C=O) groups excluding carboxylic acids is 2. The number of piperidine rings is 1. The zero-order valence-electron chi connectivity index (χ0n) is 14.4. The number of nitrogens with zero attached hydrogens (tertiary/aromatic N) is 2. The van der Waals surface area contributed by atoms with E-state index in [9.17, 15) is 9.59 Å². The van der Waals surface area contributed by atoms with Gasteiger partial charge in [-0.05, 0) is 44.3 Å². The van der Waals surface area contributed by atoms with E-state index in [4.69, 9.17) is 0 Å². The second-order valence-corrected chi connectivity index (χ2v) is 8.50. The van der Waals surface area contributed by atoms with Crippen molar-refractivity contribution >= 4 is 23.6 Å². The van der Waals surface area contributed by atoms with Crippen LogP contribution in [0.5, 0.6) is 0 Å². The fourth-order valence-corrected chi connectivity index (χ4v) is 5.12. The van der Waals surface area contributed by atoms with E-state index in [0.29, 0.717) is 24.1 Å². The topological polar surface area (TPSA) is 40.6 Å². The van der Waals surface area contributed by atoms with Crippen LogP contribution in [0.25, 0.3) is 0 Å². The van der Waals surface area contributed by atoms with E-state index in [1.807, 2.05) is 11.2 Å². The maximum Gasteiger partial charge on any atom is 0.232 e. The van der Waals surface area contributed by atoms with Gasteiger partial charge in [0.2, 0.25) is 11.8 Å². The van der Waals surface area contributed by atoms with Crippen molar-refractivity contribution in [2.45, 2.75) is 51.4 Å². The predicted molar refractivity (Wildman–Crippen MR) is 94.4 cm³/mol. The summed E-state index contributed by atoms with van der Waals surface area (Å²) in [5.41, 5.74) is -0.263. The molecule has 0 aromatic heterocycles. The predicted octanol–water partition coefficient (Wildman–Crippen LogP) is 2.77. The quantitative estimate of drug-likeness (QED) is 0.791. The summed E-state index contributed by atoms with van der Waals surface area (Å²) < 4.78 is 0. The van der Waals surface area contributed by atoms with Gasteiger partial charge < -0.3 is 9.80 Å². The lowest BCUT2D eigenvalue weighted by molar-refractivity contribution is -0.147. The molecule has 5 heteroatoms. The highest BCUT2D eigenvalue weighted by Gasteiger charge is 2.49. The summed E-state index contributed by atoms with van der Waals surface area (Å²) in [7, 11) is 0. The summed E-state index contributed by atoms with van der Waals surface area (Å²) in [6.45, 7) is 3.31. The Morgan fingerprint density at radius 2 is 1.96 bits per heavy atom. The molecule has 130 valence electrons. The molecule has 2 saturated heterocycles. The fourth-order valence-electron chi connectivity index (χ4n) is 4.69. The molecule has 0 bridgehead atoms. The Labute approximate surface area is 144 Å². The van der Waals surface area contributed by atoms with Gasteiger partial charge in [-0.25, -0.2) is 0 Å². The highest BCUT2D eigenvalue weighted by atomic mass is 32.2. The second kappa shape index (κ2) is 7.45. The molecule has 1 aliphatic carbocycles. The minimum Gasteiger partial charge on any atom is -0.342 e. The molecule has 0 aromatic carbocycles. The number of hydrogen-bond donors (Lipinski definition) is 0. The van der Waals surface area contributed by atoms with Crippen LogP contribution in [-0.4, -0.2) is 59.8 Å². The van der Waals surface area contributed by atoms with Crippen molar-refractivity contribution in [1.82, 2.24) is 9.80 Å². The highest BCUT2D eigenvalue weighted by molar-refractivity contribution is 7.99. The zero-order valence-corrected chi connectivity index (χ0v) is 15.2. The van der Waals surface area contributed by atoms with Crippen LogP contribution in [0.4, 0.5) is 0 Å². The van der Waals surface area contributed by atoms with Crippen LogP contribution in [-0.2, 0) is 9.59 Å². The normalized spacial score (nSPS) is 29.5. The first kappa shape index (κ1) is 17.1. The molecule has 1 atom stereocenters. The molecular weight excluding hydrogens is 308 g/mol. The van der Waals surface area contributed by atoms with Gasteiger partial charge in [0.25, 0.3) is 0 Å². The molecule has 1 saturated carbocycles. The Balaban J connectivity index is 1.61. The molecule has 1 spiro atoms. The van der Waals surface area contributed by atoms with E-state index in [-0.39, 0.29) is 11.3 Å². The van der Waals surface area contributed by atoms with E-state index in [1.165, 1.54) is 32.1 Å². The minimum absolute atomic E-state index is 0.201. The summed E-state index contributed by atoms with van der Waals surface area (Å²) >= 11 is 1.57. The molecule has 0 radical (unpaired) electrons. The van der Waals surface area contributed by atoms with E-state index < -0.39 is 0 Å². The number of likely N-dealkylation sites (tertiary alicyclic amines) is 2. The van der Waals surface area contributed by atoms with Gasteiger partial charge in [0.05, 0.1) is 11.2 Å². The lowest BCUT2D eigenvalue weighted by Crippen LogP contribution is -2.51. The third-order valence-corrected chi connectivity index (χ3v) is 6.54. The Bertz CT molecular complexity index is 450. The van der Waals surface area contributed by atoms with E-state index >= 15 is 0 Å². The van der Waals surface area contributed by atoms with Crippen LogP contribution >= 0.6 is 11.8 Å². The molecule has 0 N–H and O–H groups in total. The molecule has 0 unspecified atom stereocenters. The second-order valence-electron chi connectivity index (χ2n) is 7.64. The van der Waals surface area contributed by atoms with Crippen LogP contribution in [0.2, 0.25) is 0 Å². The first-order valence-corrected chi connectivity index (χ1v) is 10.6. The van der Waals surface area contributed by atoms with Gasteiger partial charge in [-0.15, -0.1) is 0 Å². The van der Waals surface area contributed by atoms with Crippen molar-refractivity contribution in [3.8, 4) is 0 Å². The van der Waals surface area contributed by atoms with Crippen LogP contribution in [0.3, 0.4) is 0 Å². The number of rotatable bonds is 4. The molecule has 2 amide bonds. The summed E-state index contributed by atoms with van der Waals surface area (Å²) in [5.74, 6) is 1.79. The van der Waals surface area contributed by atoms with Gasteiger partial charge in [0.15, 0.2) is 0 Å². The Morgan fingerprint density at radius 3 is 2.70 bits per heavy atom. The summed E-state index contributed by atoms with van der Waals surface area (Å²) in [6.07, 6.45) is 11.5. The molecular formula is C18H30N2O2S. The van der Waals surface area contributed by atoms with Gasteiger partial charge in [0, 0.05) is 26.2 Å². The maximum absolute atomic E-state index is 13.1. The van der Waals surface area contributed by atoms with Crippen LogP contribution in [0, 0.1) is 11.3 Å². The number of amides is 2. The van der Waals surface area contributed by atoms with Gasteiger partial charge in [-0.1, -0.05) is 19.3 Å². The third kappa shape index (κ3) is 3.70. The van der Waals surface area contributed by atoms with Gasteiger partial charge in [0.1, 0.15) is 0 Å². The van der Waals surface area contributed by atoms with Crippen molar-refractivity contribution in [3.05, 3.63) is 0 Å². The summed E-state index contributed by atoms with van der Waals surface area (Å²) in [5, 5.41) is 0. The van der Waals surface area contributed by atoms with E-state index in [2.05, 4.69) is 4.90 Å². The van der Waals surface area contributed by atoms with Crippen LogP contribution in [0.1, 0.15) is 51.4 Å². The Hall–Kier alpha value is -0.710. The van der Waals surface area contributed by atoms with Gasteiger partial charge >= 0.3 is 0 Å². The molecule has 3 rings (SSSR count). The van der Waals surface area contributed by atoms with Crippen molar-refractivity contribution < 1.29 is 9.59 Å². The average Bonchev–Trinajstić information content (AvgIpc) is 2.99. The smallest absolute Gasteiger partial charge is 0.232 e. The summed E-state index contributed by atoms with van der Waals surface area (Å²) in [6, 6.07) is 0. The van der Waals surface area contributed by atoms with Crippen LogP contribution in [0.15, 0.2) is 0 Å². The van der Waals surface area contributed by atoms with Crippen molar-refractivity contribution in [1.29, 1.82) is 0 Å². The molecule has 4 nitrogen and oxygen atoms in total. The van der Waals surface area contributed by atoms with E-state index in [1.54, 1.807) is 11.8 Å².